The van der Waals surface area contributed by atoms with Crippen LogP contribution in [0.2, 0.25) is 0 Å². The Morgan fingerprint density at radius 3 is 2.50 bits per heavy atom. The first kappa shape index (κ1) is 19.8. The first-order valence-electron chi connectivity index (χ1n) is 8.63. The van der Waals surface area contributed by atoms with Gasteiger partial charge >= 0.3 is 0 Å². The van der Waals surface area contributed by atoms with Crippen molar-refractivity contribution < 1.29 is 13.2 Å². The topological polar surface area (TPSA) is 99.3 Å². The van der Waals surface area contributed by atoms with E-state index in [-0.39, 0.29) is 17.0 Å². The van der Waals surface area contributed by atoms with Gasteiger partial charge < -0.3 is 10.3 Å². The van der Waals surface area contributed by atoms with Crippen LogP contribution in [-0.2, 0) is 14.8 Å². The predicted molar refractivity (Wildman–Crippen MR) is 109 cm³/mol. The molecule has 0 fully saturated rings. The summed E-state index contributed by atoms with van der Waals surface area (Å²) in [6, 6.07) is 12.8. The zero-order valence-corrected chi connectivity index (χ0v) is 16.6. The van der Waals surface area contributed by atoms with Crippen LogP contribution in [-0.4, -0.2) is 37.2 Å². The second-order valence-corrected chi connectivity index (χ2v) is 8.72. The van der Waals surface area contributed by atoms with Crippen molar-refractivity contribution in [3.63, 3.8) is 0 Å². The molecule has 3 rings (SSSR count). The number of carbonyl (C=O) groups excluding carboxylic acids is 1. The number of sulfonamides is 1. The second kappa shape index (κ2) is 7.57. The molecule has 0 aliphatic carbocycles. The molecule has 0 saturated heterocycles. The zero-order chi connectivity index (χ0) is 20.5. The molecule has 0 unspecified atom stereocenters. The summed E-state index contributed by atoms with van der Waals surface area (Å²) >= 11 is 0. The minimum atomic E-state index is -3.86. The molecule has 0 aliphatic heterocycles. The van der Waals surface area contributed by atoms with E-state index in [1.54, 1.807) is 12.1 Å². The van der Waals surface area contributed by atoms with Crippen molar-refractivity contribution in [3.05, 3.63) is 70.0 Å². The maximum absolute atomic E-state index is 12.8. The van der Waals surface area contributed by atoms with Crippen LogP contribution >= 0.6 is 0 Å². The van der Waals surface area contributed by atoms with Gasteiger partial charge in [0, 0.05) is 24.3 Å². The molecular weight excluding hydrogens is 378 g/mol. The molecule has 2 N–H and O–H groups in total. The molecule has 8 heteroatoms. The maximum Gasteiger partial charge on any atom is 0.248 e. The number of nitrogens with zero attached hydrogens (tertiary/aromatic N) is 1. The number of aromatic nitrogens is 1. The Labute approximate surface area is 163 Å². The molecule has 0 bridgehead atoms. The minimum absolute atomic E-state index is 0.0496. The van der Waals surface area contributed by atoms with Crippen LogP contribution in [0.1, 0.15) is 11.1 Å². The van der Waals surface area contributed by atoms with Crippen LogP contribution in [0.5, 0.6) is 0 Å². The third-order valence-corrected chi connectivity index (χ3v) is 6.36. The van der Waals surface area contributed by atoms with Gasteiger partial charge in [-0.2, -0.15) is 4.31 Å². The third-order valence-electron chi connectivity index (χ3n) is 4.56. The average Bonchev–Trinajstić information content (AvgIpc) is 2.64. The fourth-order valence-corrected chi connectivity index (χ4v) is 3.94. The van der Waals surface area contributed by atoms with E-state index in [0.29, 0.717) is 16.6 Å². The number of hydrogen-bond acceptors (Lipinski definition) is 4. The van der Waals surface area contributed by atoms with E-state index in [9.17, 15) is 18.0 Å². The number of benzene rings is 2. The zero-order valence-electron chi connectivity index (χ0n) is 15.8. The summed E-state index contributed by atoms with van der Waals surface area (Å²) in [7, 11) is -2.51. The van der Waals surface area contributed by atoms with Crippen LogP contribution in [0.15, 0.2) is 58.2 Å². The van der Waals surface area contributed by atoms with Crippen molar-refractivity contribution in [2.45, 2.75) is 18.7 Å². The Kier molecular flexibility index (Phi) is 5.35. The Morgan fingerprint density at radius 1 is 1.04 bits per heavy atom. The Bertz CT molecular complexity index is 1220. The molecule has 7 nitrogen and oxygen atoms in total. The molecule has 0 aliphatic rings. The number of pyridine rings is 1. The summed E-state index contributed by atoms with van der Waals surface area (Å²) in [5.41, 5.74) is 3.04. The Balaban J connectivity index is 1.77. The van der Waals surface area contributed by atoms with E-state index in [0.717, 1.165) is 15.4 Å². The van der Waals surface area contributed by atoms with E-state index in [4.69, 9.17) is 0 Å². The van der Waals surface area contributed by atoms with Crippen molar-refractivity contribution in [2.75, 3.05) is 18.9 Å². The number of H-pyrrole nitrogens is 1. The molecule has 2 aromatic carbocycles. The standard InChI is InChI=1S/C20H21N3O4S/c1-13-4-6-16(10-14(13)2)21-20(25)12-23(3)28(26,27)17-7-8-18-15(11-17)5-9-19(24)22-18/h4-11H,12H2,1-3H3,(H,21,25)(H,22,24). The summed E-state index contributed by atoms with van der Waals surface area (Å²) in [5.74, 6) is -0.431. The van der Waals surface area contributed by atoms with Crippen LogP contribution < -0.4 is 10.9 Å². The number of likely N-dealkylation sites (N-methyl/N-ethyl adjacent to an activating group) is 1. The molecule has 1 heterocycles. The van der Waals surface area contributed by atoms with Crippen molar-refractivity contribution in [2.24, 2.45) is 0 Å². The molecule has 0 spiro atoms. The number of hydrogen-bond donors (Lipinski definition) is 2. The van der Waals surface area contributed by atoms with Crippen molar-refractivity contribution >= 4 is 32.5 Å². The predicted octanol–water partition coefficient (Wildman–Crippen LogP) is 2.40. The van der Waals surface area contributed by atoms with Crippen molar-refractivity contribution in [1.29, 1.82) is 0 Å². The molecule has 1 amide bonds. The molecule has 0 saturated carbocycles. The van der Waals surface area contributed by atoms with Gasteiger partial charge in [-0.25, -0.2) is 8.42 Å². The van der Waals surface area contributed by atoms with E-state index in [1.807, 2.05) is 26.0 Å². The third kappa shape index (κ3) is 4.13. The fourth-order valence-electron chi connectivity index (χ4n) is 2.78. The fraction of sp³-hybridized carbons (Fsp3) is 0.200. The van der Waals surface area contributed by atoms with E-state index in [2.05, 4.69) is 10.3 Å². The van der Waals surface area contributed by atoms with Gasteiger partial charge in [0.2, 0.25) is 21.5 Å². The van der Waals surface area contributed by atoms with Crippen LogP contribution in [0.25, 0.3) is 10.9 Å². The maximum atomic E-state index is 12.8. The van der Waals surface area contributed by atoms with Gasteiger partial charge in [-0.15, -0.1) is 0 Å². The van der Waals surface area contributed by atoms with Gasteiger partial charge in [0.25, 0.3) is 0 Å². The molecule has 146 valence electrons. The van der Waals surface area contributed by atoms with Crippen molar-refractivity contribution in [3.8, 4) is 0 Å². The molecule has 28 heavy (non-hydrogen) atoms. The number of carbonyl (C=O) groups is 1. The normalized spacial score (nSPS) is 11.7. The highest BCUT2D eigenvalue weighted by Crippen LogP contribution is 2.20. The monoisotopic (exact) mass is 399 g/mol. The summed E-state index contributed by atoms with van der Waals surface area (Å²) in [4.78, 5) is 26.3. The molecule has 1 aromatic heterocycles. The van der Waals surface area contributed by atoms with E-state index >= 15 is 0 Å². The SMILES string of the molecule is Cc1ccc(NC(=O)CN(C)S(=O)(=O)c2ccc3[nH]c(=O)ccc3c2)cc1C. The Morgan fingerprint density at radius 2 is 1.79 bits per heavy atom. The smallest absolute Gasteiger partial charge is 0.248 e. The number of rotatable bonds is 5. The lowest BCUT2D eigenvalue weighted by Crippen LogP contribution is -2.35. The van der Waals surface area contributed by atoms with Gasteiger partial charge in [-0.3, -0.25) is 9.59 Å². The lowest BCUT2D eigenvalue weighted by molar-refractivity contribution is -0.116. The molecule has 3 aromatic rings. The second-order valence-electron chi connectivity index (χ2n) is 6.68. The van der Waals surface area contributed by atoms with Gasteiger partial charge in [-0.1, -0.05) is 6.07 Å². The number of amides is 1. The molecular formula is C20H21N3O4S. The van der Waals surface area contributed by atoms with Crippen LogP contribution in [0.3, 0.4) is 0 Å². The summed E-state index contributed by atoms with van der Waals surface area (Å²) in [6.45, 7) is 3.59. The number of aryl methyl sites for hydroxylation is 2. The van der Waals surface area contributed by atoms with Gasteiger partial charge in [0.05, 0.1) is 11.4 Å². The summed E-state index contributed by atoms with van der Waals surface area (Å²) in [6.07, 6.45) is 0. The quantitative estimate of drug-likeness (QED) is 0.688. The lowest BCUT2D eigenvalue weighted by atomic mass is 10.1. The lowest BCUT2D eigenvalue weighted by Gasteiger charge is -2.17. The highest BCUT2D eigenvalue weighted by atomic mass is 32.2. The number of aromatic amines is 1. The molecule has 0 radical (unpaired) electrons. The largest absolute Gasteiger partial charge is 0.325 e. The van der Waals surface area contributed by atoms with E-state index < -0.39 is 15.9 Å². The van der Waals surface area contributed by atoms with Crippen LogP contribution in [0, 0.1) is 13.8 Å². The summed E-state index contributed by atoms with van der Waals surface area (Å²) < 4.78 is 26.6. The average molecular weight is 399 g/mol. The van der Waals surface area contributed by atoms with Gasteiger partial charge in [-0.05, 0) is 66.8 Å². The van der Waals surface area contributed by atoms with E-state index in [1.165, 1.54) is 31.3 Å². The first-order valence-corrected chi connectivity index (χ1v) is 10.1. The number of fused-ring (bicyclic) bond motifs is 1. The van der Waals surface area contributed by atoms with Gasteiger partial charge in [0.15, 0.2) is 0 Å². The number of anilines is 1. The first-order chi connectivity index (χ1) is 13.2. The van der Waals surface area contributed by atoms with Crippen molar-refractivity contribution in [1.82, 2.24) is 9.29 Å². The summed E-state index contributed by atoms with van der Waals surface area (Å²) in [5, 5.41) is 3.31. The van der Waals surface area contributed by atoms with Gasteiger partial charge in [0.1, 0.15) is 0 Å². The Hall–Kier alpha value is -2.97. The molecule has 0 atom stereocenters. The number of nitrogens with one attached hydrogen (secondary N) is 2. The van der Waals surface area contributed by atoms with Crippen LogP contribution in [0.4, 0.5) is 5.69 Å². The minimum Gasteiger partial charge on any atom is -0.325 e. The highest BCUT2D eigenvalue weighted by Gasteiger charge is 2.23. The highest BCUT2D eigenvalue weighted by molar-refractivity contribution is 7.89.